The Kier molecular flexibility index (Phi) is 7.00. The summed E-state index contributed by atoms with van der Waals surface area (Å²) in [5.41, 5.74) is 2.92. The van der Waals surface area contributed by atoms with Gasteiger partial charge in [-0.15, -0.1) is 0 Å². The first-order valence-electron chi connectivity index (χ1n) is 12.2. The Balaban J connectivity index is 1.33. The standard InChI is InChI=1S/C29H28N4O4/c1-37-26-10-6-5-9-21(26)19-32-13-15-33(16-14-32)27-18-24(29(35)36)23-17-22(11-12-25(23)31-27)30-28(34)20-7-3-2-4-8-20/h2-12,17-18H,13-16,19H2,1H3,(H,30,34)(H,35,36). The van der Waals surface area contributed by atoms with Gasteiger partial charge >= 0.3 is 5.97 Å². The number of pyridine rings is 1. The minimum absolute atomic E-state index is 0.160. The second-order valence-electron chi connectivity index (χ2n) is 8.96. The number of ether oxygens (including phenoxy) is 1. The average molecular weight is 497 g/mol. The van der Waals surface area contributed by atoms with Gasteiger partial charge in [0.2, 0.25) is 0 Å². The first-order chi connectivity index (χ1) is 18.0. The van der Waals surface area contributed by atoms with E-state index in [1.807, 2.05) is 24.3 Å². The van der Waals surface area contributed by atoms with E-state index >= 15 is 0 Å². The number of rotatable bonds is 7. The molecule has 188 valence electrons. The Morgan fingerprint density at radius 2 is 1.68 bits per heavy atom. The fraction of sp³-hybridized carbons (Fsp3) is 0.207. The van der Waals surface area contributed by atoms with E-state index in [0.717, 1.165) is 44.0 Å². The number of anilines is 2. The van der Waals surface area contributed by atoms with Crippen molar-refractivity contribution < 1.29 is 19.4 Å². The van der Waals surface area contributed by atoms with Crippen LogP contribution in [0.5, 0.6) is 5.75 Å². The molecule has 2 N–H and O–H groups in total. The zero-order chi connectivity index (χ0) is 25.8. The van der Waals surface area contributed by atoms with Crippen molar-refractivity contribution in [2.24, 2.45) is 0 Å². The van der Waals surface area contributed by atoms with Crippen molar-refractivity contribution in [2.75, 3.05) is 43.5 Å². The summed E-state index contributed by atoms with van der Waals surface area (Å²) in [6.07, 6.45) is 0. The van der Waals surface area contributed by atoms with Crippen LogP contribution in [0.3, 0.4) is 0 Å². The van der Waals surface area contributed by atoms with Crippen LogP contribution in [0.25, 0.3) is 10.9 Å². The number of benzene rings is 3. The molecule has 1 aliphatic rings. The number of hydrogen-bond donors (Lipinski definition) is 2. The summed E-state index contributed by atoms with van der Waals surface area (Å²) in [7, 11) is 1.68. The Morgan fingerprint density at radius 3 is 2.41 bits per heavy atom. The van der Waals surface area contributed by atoms with Crippen LogP contribution in [0.4, 0.5) is 11.5 Å². The maximum absolute atomic E-state index is 12.5. The summed E-state index contributed by atoms with van der Waals surface area (Å²) in [5.74, 6) is 0.233. The highest BCUT2D eigenvalue weighted by Crippen LogP contribution is 2.27. The molecule has 5 rings (SSSR count). The topological polar surface area (TPSA) is 95.0 Å². The number of amides is 1. The Bertz CT molecular complexity index is 1430. The predicted octanol–water partition coefficient (Wildman–Crippen LogP) is 4.52. The zero-order valence-corrected chi connectivity index (χ0v) is 20.6. The lowest BCUT2D eigenvalue weighted by atomic mass is 10.1. The SMILES string of the molecule is COc1ccccc1CN1CCN(c2cc(C(=O)O)c3cc(NC(=O)c4ccccc4)ccc3n2)CC1. The molecule has 1 fully saturated rings. The van der Waals surface area contributed by atoms with Gasteiger partial charge in [-0.25, -0.2) is 9.78 Å². The van der Waals surface area contributed by atoms with Gasteiger partial charge in [0.25, 0.3) is 5.91 Å². The Labute approximate surface area is 215 Å². The number of methoxy groups -OCH3 is 1. The molecule has 0 bridgehead atoms. The second-order valence-corrected chi connectivity index (χ2v) is 8.96. The first-order valence-corrected chi connectivity index (χ1v) is 12.2. The molecule has 1 aromatic heterocycles. The zero-order valence-electron chi connectivity index (χ0n) is 20.6. The third kappa shape index (κ3) is 5.39. The van der Waals surface area contributed by atoms with Crippen LogP contribution in [0, 0.1) is 0 Å². The van der Waals surface area contributed by atoms with Crippen molar-refractivity contribution in [3.05, 3.63) is 95.6 Å². The highest BCUT2D eigenvalue weighted by molar-refractivity contribution is 6.08. The number of carbonyl (C=O) groups is 2. The molecule has 4 aromatic rings. The summed E-state index contributed by atoms with van der Waals surface area (Å²) < 4.78 is 5.48. The monoisotopic (exact) mass is 496 g/mol. The summed E-state index contributed by atoms with van der Waals surface area (Å²) in [5, 5.41) is 13.3. The number of aromatic carboxylic acids is 1. The van der Waals surface area contributed by atoms with Crippen LogP contribution >= 0.6 is 0 Å². The maximum atomic E-state index is 12.5. The highest BCUT2D eigenvalue weighted by Gasteiger charge is 2.22. The number of piperazine rings is 1. The number of carboxylic acids is 1. The van der Waals surface area contributed by atoms with E-state index in [2.05, 4.69) is 21.2 Å². The minimum atomic E-state index is -1.03. The summed E-state index contributed by atoms with van der Waals surface area (Å²) in [6, 6.07) is 23.7. The normalized spacial score (nSPS) is 13.9. The molecule has 37 heavy (non-hydrogen) atoms. The molecule has 3 aromatic carbocycles. The number of aromatic nitrogens is 1. The smallest absolute Gasteiger partial charge is 0.336 e. The van der Waals surface area contributed by atoms with Gasteiger partial charge in [-0.2, -0.15) is 0 Å². The lowest BCUT2D eigenvalue weighted by Crippen LogP contribution is -2.46. The molecule has 0 spiro atoms. The fourth-order valence-electron chi connectivity index (χ4n) is 4.63. The maximum Gasteiger partial charge on any atom is 0.336 e. The van der Waals surface area contributed by atoms with Gasteiger partial charge in [-0.05, 0) is 42.5 Å². The summed E-state index contributed by atoms with van der Waals surface area (Å²) >= 11 is 0. The van der Waals surface area contributed by atoms with Gasteiger partial charge in [0.1, 0.15) is 11.6 Å². The lowest BCUT2D eigenvalue weighted by molar-refractivity contribution is 0.0698. The highest BCUT2D eigenvalue weighted by atomic mass is 16.5. The molecule has 2 heterocycles. The van der Waals surface area contributed by atoms with Gasteiger partial charge in [0.05, 0.1) is 18.2 Å². The van der Waals surface area contributed by atoms with E-state index < -0.39 is 5.97 Å². The molecule has 0 aliphatic carbocycles. The van der Waals surface area contributed by atoms with Crippen LogP contribution in [0.2, 0.25) is 0 Å². The summed E-state index contributed by atoms with van der Waals surface area (Å²) in [6.45, 7) is 3.91. The van der Waals surface area contributed by atoms with E-state index in [-0.39, 0.29) is 11.5 Å². The fourth-order valence-corrected chi connectivity index (χ4v) is 4.63. The lowest BCUT2D eigenvalue weighted by Gasteiger charge is -2.35. The van der Waals surface area contributed by atoms with Crippen molar-refractivity contribution in [3.63, 3.8) is 0 Å². The minimum Gasteiger partial charge on any atom is -0.496 e. The van der Waals surface area contributed by atoms with E-state index in [1.165, 1.54) is 0 Å². The third-order valence-corrected chi connectivity index (χ3v) is 6.60. The molecule has 1 saturated heterocycles. The third-order valence-electron chi connectivity index (χ3n) is 6.60. The number of hydrogen-bond acceptors (Lipinski definition) is 6. The van der Waals surface area contributed by atoms with Gasteiger partial charge in [0, 0.05) is 54.9 Å². The van der Waals surface area contributed by atoms with Gasteiger partial charge in [-0.3, -0.25) is 9.69 Å². The van der Waals surface area contributed by atoms with Crippen molar-refractivity contribution in [2.45, 2.75) is 6.54 Å². The molecule has 0 radical (unpaired) electrons. The molecule has 0 atom stereocenters. The number of carboxylic acid groups (broad SMARTS) is 1. The molecule has 8 heteroatoms. The van der Waals surface area contributed by atoms with Crippen LogP contribution in [-0.4, -0.2) is 60.2 Å². The largest absolute Gasteiger partial charge is 0.496 e. The van der Waals surface area contributed by atoms with E-state index in [1.54, 1.807) is 55.6 Å². The number of para-hydroxylation sites is 1. The molecular weight excluding hydrogens is 468 g/mol. The van der Waals surface area contributed by atoms with Gasteiger partial charge < -0.3 is 20.1 Å². The molecule has 8 nitrogen and oxygen atoms in total. The number of nitrogens with zero attached hydrogens (tertiary/aromatic N) is 3. The van der Waals surface area contributed by atoms with Gasteiger partial charge in [-0.1, -0.05) is 36.4 Å². The van der Waals surface area contributed by atoms with Crippen LogP contribution < -0.4 is 15.0 Å². The van der Waals surface area contributed by atoms with Crippen molar-refractivity contribution in [1.82, 2.24) is 9.88 Å². The molecule has 0 saturated carbocycles. The van der Waals surface area contributed by atoms with Crippen molar-refractivity contribution >= 4 is 34.3 Å². The van der Waals surface area contributed by atoms with Crippen LogP contribution in [0.15, 0.2) is 78.9 Å². The van der Waals surface area contributed by atoms with E-state index in [0.29, 0.717) is 28.0 Å². The van der Waals surface area contributed by atoms with Gasteiger partial charge in [0.15, 0.2) is 0 Å². The molecule has 1 amide bonds. The molecular formula is C29H28N4O4. The van der Waals surface area contributed by atoms with Crippen molar-refractivity contribution in [1.29, 1.82) is 0 Å². The number of carbonyl (C=O) groups excluding carboxylic acids is 1. The summed E-state index contributed by atoms with van der Waals surface area (Å²) in [4.78, 5) is 34.0. The quantitative estimate of drug-likeness (QED) is 0.389. The first kappa shape index (κ1) is 24.3. The van der Waals surface area contributed by atoms with E-state index in [9.17, 15) is 14.7 Å². The predicted molar refractivity (Wildman–Crippen MR) is 144 cm³/mol. The van der Waals surface area contributed by atoms with Crippen molar-refractivity contribution in [3.8, 4) is 5.75 Å². The number of fused-ring (bicyclic) bond motifs is 1. The Hall–Kier alpha value is -4.43. The second kappa shape index (κ2) is 10.7. The molecule has 0 unspecified atom stereocenters. The van der Waals surface area contributed by atoms with Crippen LogP contribution in [-0.2, 0) is 6.54 Å². The van der Waals surface area contributed by atoms with Crippen LogP contribution in [0.1, 0.15) is 26.3 Å². The Morgan fingerprint density at radius 1 is 0.946 bits per heavy atom. The average Bonchev–Trinajstić information content (AvgIpc) is 2.93. The molecule has 1 aliphatic heterocycles. The number of nitrogens with one attached hydrogen (secondary N) is 1. The van der Waals surface area contributed by atoms with E-state index in [4.69, 9.17) is 9.72 Å².